The number of likely N-dealkylation sites (tertiary alicyclic amines) is 1. The number of carboxylic acids is 1. The first-order valence-corrected chi connectivity index (χ1v) is 11.4. The molecule has 8 heteroatoms. The Morgan fingerprint density at radius 2 is 1.74 bits per heavy atom. The van der Waals surface area contributed by atoms with Gasteiger partial charge in [0.1, 0.15) is 11.4 Å². The van der Waals surface area contributed by atoms with Crippen LogP contribution in [-0.4, -0.2) is 59.1 Å². The zero-order valence-corrected chi connectivity index (χ0v) is 19.7. The highest BCUT2D eigenvalue weighted by Crippen LogP contribution is 2.27. The number of Topliss-reactive ketones (excluding diaryl/α,β-unsaturated/α-hetero) is 1. The van der Waals surface area contributed by atoms with Gasteiger partial charge in [-0.1, -0.05) is 12.1 Å². The zero-order valence-electron chi connectivity index (χ0n) is 19.7. The van der Waals surface area contributed by atoms with Gasteiger partial charge in [-0.05, 0) is 56.2 Å². The lowest BCUT2D eigenvalue weighted by Gasteiger charge is -2.35. The van der Waals surface area contributed by atoms with Gasteiger partial charge in [0.05, 0.1) is 7.11 Å². The Kier molecular flexibility index (Phi) is 6.58. The van der Waals surface area contributed by atoms with Crippen molar-refractivity contribution in [3.8, 4) is 5.75 Å². The maximum absolute atomic E-state index is 13.2. The summed E-state index contributed by atoms with van der Waals surface area (Å²) in [6, 6.07) is 14.3. The molecule has 2 aromatic carbocycles. The SMILES string of the molecule is CCN(C(=O)N1CCC(C(=O)c2ccc3cc(C(=O)O)n(C)c3c2)CC1)c1ccc(OC)cc1. The average Bonchev–Trinajstić information content (AvgIpc) is 3.20. The molecule has 0 aliphatic carbocycles. The summed E-state index contributed by atoms with van der Waals surface area (Å²) in [5.74, 6) is -0.398. The minimum Gasteiger partial charge on any atom is -0.497 e. The van der Waals surface area contributed by atoms with Gasteiger partial charge in [-0.25, -0.2) is 9.59 Å². The van der Waals surface area contributed by atoms with E-state index in [1.165, 1.54) is 0 Å². The van der Waals surface area contributed by atoms with Gasteiger partial charge in [0.15, 0.2) is 5.78 Å². The molecular weight excluding hydrogens is 434 g/mol. The second-order valence-corrected chi connectivity index (χ2v) is 8.52. The fourth-order valence-electron chi connectivity index (χ4n) is 4.62. The van der Waals surface area contributed by atoms with Gasteiger partial charge in [-0.2, -0.15) is 0 Å². The molecule has 8 nitrogen and oxygen atoms in total. The van der Waals surface area contributed by atoms with Crippen LogP contribution in [0.3, 0.4) is 0 Å². The van der Waals surface area contributed by atoms with Gasteiger partial charge in [0, 0.05) is 54.8 Å². The number of amides is 2. The highest BCUT2D eigenvalue weighted by atomic mass is 16.5. The highest BCUT2D eigenvalue weighted by molar-refractivity contribution is 6.02. The first-order chi connectivity index (χ1) is 16.3. The van der Waals surface area contributed by atoms with Gasteiger partial charge >= 0.3 is 12.0 Å². The van der Waals surface area contributed by atoms with Crippen LogP contribution in [0.2, 0.25) is 0 Å². The molecular formula is C26H29N3O5. The molecule has 1 aromatic heterocycles. The van der Waals surface area contributed by atoms with Crippen molar-refractivity contribution in [1.82, 2.24) is 9.47 Å². The molecule has 0 unspecified atom stereocenters. The Bertz CT molecular complexity index is 1220. The van der Waals surface area contributed by atoms with E-state index >= 15 is 0 Å². The zero-order chi connectivity index (χ0) is 24.4. The van der Waals surface area contributed by atoms with Crippen LogP contribution in [0.5, 0.6) is 5.75 Å². The molecule has 1 saturated heterocycles. The number of carboxylic acid groups (broad SMARTS) is 1. The Balaban J connectivity index is 1.43. The number of urea groups is 1. The van der Waals surface area contributed by atoms with Crippen molar-refractivity contribution in [1.29, 1.82) is 0 Å². The number of ether oxygens (including phenoxy) is 1. The predicted octanol–water partition coefficient (Wildman–Crippen LogP) is 4.43. The maximum Gasteiger partial charge on any atom is 0.352 e. The fourth-order valence-corrected chi connectivity index (χ4v) is 4.62. The van der Waals surface area contributed by atoms with Crippen molar-refractivity contribution in [3.63, 3.8) is 0 Å². The smallest absolute Gasteiger partial charge is 0.352 e. The summed E-state index contributed by atoms with van der Waals surface area (Å²) < 4.78 is 6.79. The number of piperidine rings is 1. The maximum atomic E-state index is 13.2. The number of nitrogens with zero attached hydrogens (tertiary/aromatic N) is 3. The molecule has 0 radical (unpaired) electrons. The number of aromatic nitrogens is 1. The topological polar surface area (TPSA) is 92.1 Å². The Labute approximate surface area is 198 Å². The van der Waals surface area contributed by atoms with E-state index in [1.54, 1.807) is 52.8 Å². The number of aromatic carboxylic acids is 1. The molecule has 0 spiro atoms. The lowest BCUT2D eigenvalue weighted by atomic mass is 9.88. The van der Waals surface area contributed by atoms with Gasteiger partial charge in [-0.15, -0.1) is 0 Å². The molecule has 1 aliphatic rings. The van der Waals surface area contributed by atoms with Crippen LogP contribution < -0.4 is 9.64 Å². The summed E-state index contributed by atoms with van der Waals surface area (Å²) in [4.78, 5) is 41.3. The quantitative estimate of drug-likeness (QED) is 0.546. The number of carbonyl (C=O) groups is 3. The van der Waals surface area contributed by atoms with E-state index < -0.39 is 5.97 Å². The molecule has 0 bridgehead atoms. The molecule has 2 amide bonds. The molecule has 4 rings (SSSR count). The minimum absolute atomic E-state index is 0.0366. The second kappa shape index (κ2) is 9.59. The Morgan fingerprint density at radius 1 is 1.06 bits per heavy atom. The standard InChI is InChI=1S/C26H29N3O5/c1-4-29(20-7-9-21(34-3)10-8-20)26(33)28-13-11-17(12-14-28)24(30)19-6-5-18-15-23(25(31)32)27(2)22(18)16-19/h5-10,15-17H,4,11-14H2,1-3H3,(H,31,32). The van der Waals surface area contributed by atoms with Gasteiger partial charge in [-0.3, -0.25) is 9.69 Å². The molecule has 178 valence electrons. The molecule has 0 atom stereocenters. The first-order valence-electron chi connectivity index (χ1n) is 11.4. The third kappa shape index (κ3) is 4.35. The number of aryl methyl sites for hydroxylation is 1. The number of carbonyl (C=O) groups excluding carboxylic acids is 2. The summed E-state index contributed by atoms with van der Waals surface area (Å²) in [6.07, 6.45) is 1.19. The van der Waals surface area contributed by atoms with Crippen LogP contribution in [-0.2, 0) is 7.05 Å². The van der Waals surface area contributed by atoms with Crippen molar-refractivity contribution in [2.45, 2.75) is 19.8 Å². The number of hydrogen-bond donors (Lipinski definition) is 1. The number of rotatable bonds is 6. The molecule has 1 N–H and O–H groups in total. The van der Waals surface area contributed by atoms with E-state index in [9.17, 15) is 19.5 Å². The number of anilines is 1. The summed E-state index contributed by atoms with van der Waals surface area (Å²) >= 11 is 0. The van der Waals surface area contributed by atoms with Crippen molar-refractivity contribution >= 4 is 34.4 Å². The van der Waals surface area contributed by atoms with Crippen LogP contribution in [0.4, 0.5) is 10.5 Å². The van der Waals surface area contributed by atoms with E-state index in [0.29, 0.717) is 43.6 Å². The van der Waals surface area contributed by atoms with E-state index in [0.717, 1.165) is 16.8 Å². The fraction of sp³-hybridized carbons (Fsp3) is 0.346. The van der Waals surface area contributed by atoms with Crippen molar-refractivity contribution in [2.75, 3.05) is 31.6 Å². The summed E-state index contributed by atoms with van der Waals surface area (Å²) in [6.45, 7) is 3.50. The largest absolute Gasteiger partial charge is 0.497 e. The Morgan fingerprint density at radius 3 is 2.32 bits per heavy atom. The highest BCUT2D eigenvalue weighted by Gasteiger charge is 2.30. The van der Waals surface area contributed by atoms with E-state index in [4.69, 9.17) is 4.74 Å². The van der Waals surface area contributed by atoms with Crippen LogP contribution in [0, 0.1) is 5.92 Å². The number of fused-ring (bicyclic) bond motifs is 1. The third-order valence-corrected chi connectivity index (χ3v) is 6.62. The third-order valence-electron chi connectivity index (χ3n) is 6.62. The van der Waals surface area contributed by atoms with E-state index in [1.807, 2.05) is 31.2 Å². The lowest BCUT2D eigenvalue weighted by molar-refractivity contribution is 0.0686. The van der Waals surface area contributed by atoms with Crippen LogP contribution in [0.15, 0.2) is 48.5 Å². The Hall–Kier alpha value is -3.81. The molecule has 0 saturated carbocycles. The first kappa shape index (κ1) is 23.4. The molecule has 34 heavy (non-hydrogen) atoms. The summed E-state index contributed by atoms with van der Waals surface area (Å²) in [7, 11) is 3.29. The second-order valence-electron chi connectivity index (χ2n) is 8.52. The summed E-state index contributed by atoms with van der Waals surface area (Å²) in [5, 5.41) is 10.1. The minimum atomic E-state index is -1.00. The van der Waals surface area contributed by atoms with Crippen molar-refractivity contribution in [3.05, 3.63) is 59.8 Å². The van der Waals surface area contributed by atoms with Crippen molar-refractivity contribution in [2.24, 2.45) is 13.0 Å². The van der Waals surface area contributed by atoms with Gasteiger partial charge in [0.2, 0.25) is 0 Å². The van der Waals surface area contributed by atoms with E-state index in [-0.39, 0.29) is 23.4 Å². The molecule has 3 aromatic rings. The van der Waals surface area contributed by atoms with E-state index in [2.05, 4.69) is 0 Å². The summed E-state index contributed by atoms with van der Waals surface area (Å²) in [5.41, 5.74) is 2.28. The number of benzene rings is 2. The molecule has 1 fully saturated rings. The van der Waals surface area contributed by atoms with Crippen LogP contribution >= 0.6 is 0 Å². The van der Waals surface area contributed by atoms with Crippen LogP contribution in [0.25, 0.3) is 10.9 Å². The number of methoxy groups -OCH3 is 1. The number of hydrogen-bond acceptors (Lipinski definition) is 4. The molecule has 2 heterocycles. The monoisotopic (exact) mass is 463 g/mol. The number of ketones is 1. The van der Waals surface area contributed by atoms with Crippen LogP contribution in [0.1, 0.15) is 40.6 Å². The van der Waals surface area contributed by atoms with Gasteiger partial charge in [0.25, 0.3) is 0 Å². The van der Waals surface area contributed by atoms with Gasteiger partial charge < -0.3 is 19.3 Å². The normalized spacial score (nSPS) is 14.3. The predicted molar refractivity (Wildman–Crippen MR) is 130 cm³/mol. The lowest BCUT2D eigenvalue weighted by Crippen LogP contribution is -2.47. The van der Waals surface area contributed by atoms with Crippen molar-refractivity contribution < 1.29 is 24.2 Å². The molecule has 1 aliphatic heterocycles. The average molecular weight is 464 g/mol.